The first-order chi connectivity index (χ1) is 11.4. The Labute approximate surface area is 144 Å². The Morgan fingerprint density at radius 1 is 1.04 bits per heavy atom. The van der Waals surface area contributed by atoms with Crippen molar-refractivity contribution in [1.82, 2.24) is 0 Å². The van der Waals surface area contributed by atoms with Gasteiger partial charge in [-0.05, 0) is 43.9 Å². The highest BCUT2D eigenvalue weighted by Crippen LogP contribution is 2.44. The lowest BCUT2D eigenvalue weighted by Crippen LogP contribution is -2.32. The molecule has 0 saturated heterocycles. The van der Waals surface area contributed by atoms with Gasteiger partial charge in [0, 0.05) is 5.41 Å². The highest BCUT2D eigenvalue weighted by molar-refractivity contribution is 5.74. The van der Waals surface area contributed by atoms with E-state index in [-0.39, 0.29) is 35.8 Å². The lowest BCUT2D eigenvalue weighted by atomic mass is 9.92. The smallest absolute Gasteiger partial charge is 0.309 e. The average molecular weight is 332 g/mol. The van der Waals surface area contributed by atoms with Crippen molar-refractivity contribution in [3.05, 3.63) is 24.3 Å². The van der Waals surface area contributed by atoms with Crippen molar-refractivity contribution in [2.75, 3.05) is 13.2 Å². The summed E-state index contributed by atoms with van der Waals surface area (Å²) in [5.74, 6) is 0.705. The van der Waals surface area contributed by atoms with Gasteiger partial charge in [-0.15, -0.1) is 0 Å². The molecule has 0 radical (unpaired) electrons. The molecule has 4 unspecified atom stereocenters. The molecule has 4 nitrogen and oxygen atoms in total. The predicted octanol–water partition coefficient (Wildman–Crippen LogP) is 3.67. The van der Waals surface area contributed by atoms with Gasteiger partial charge in [-0.1, -0.05) is 38.2 Å². The zero-order chi connectivity index (χ0) is 17.2. The fourth-order valence-corrected chi connectivity index (χ4v) is 3.86. The summed E-state index contributed by atoms with van der Waals surface area (Å²) in [5.41, 5.74) is -0.358. The van der Waals surface area contributed by atoms with Crippen LogP contribution in [0.25, 0.3) is 0 Å². The Balaban J connectivity index is 1.40. The van der Waals surface area contributed by atoms with Crippen LogP contribution >= 0.6 is 0 Å². The molecule has 3 aliphatic carbocycles. The number of allylic oxidation sites excluding steroid dienone is 4. The molecule has 0 amide bonds. The summed E-state index contributed by atoms with van der Waals surface area (Å²) in [6.45, 7) is 4.52. The second-order valence-electron chi connectivity index (χ2n) is 8.25. The molecule has 1 saturated carbocycles. The van der Waals surface area contributed by atoms with Gasteiger partial charge in [0.05, 0.1) is 25.0 Å². The van der Waals surface area contributed by atoms with Crippen LogP contribution in [0, 0.1) is 29.1 Å². The molecule has 2 bridgehead atoms. The summed E-state index contributed by atoms with van der Waals surface area (Å²) in [4.78, 5) is 24.4. The number of carbonyl (C=O) groups excluding carboxylic acids is 2. The van der Waals surface area contributed by atoms with E-state index in [1.807, 2.05) is 19.9 Å². The van der Waals surface area contributed by atoms with E-state index in [4.69, 9.17) is 9.47 Å². The third kappa shape index (κ3) is 4.08. The van der Waals surface area contributed by atoms with Crippen LogP contribution in [-0.4, -0.2) is 25.2 Å². The van der Waals surface area contributed by atoms with Crippen molar-refractivity contribution in [3.8, 4) is 0 Å². The molecule has 0 N–H and O–H groups in total. The summed E-state index contributed by atoms with van der Waals surface area (Å²) in [7, 11) is 0. The second-order valence-corrected chi connectivity index (χ2v) is 8.25. The molecular formula is C20H28O4. The molecule has 0 aromatic heterocycles. The minimum atomic E-state index is -0.358. The number of hydrogen-bond donors (Lipinski definition) is 0. The standard InChI is InChI=1S/C20H28O4/c1-20(2,12-23-18(21)15-6-4-3-5-7-15)13-24-19(22)17-11-14-8-9-16(17)10-14/h3-4,8-9,14-17H,5-7,10-13H2,1-2H3. The Morgan fingerprint density at radius 2 is 1.79 bits per heavy atom. The van der Waals surface area contributed by atoms with Crippen molar-refractivity contribution >= 4 is 11.9 Å². The highest BCUT2D eigenvalue weighted by atomic mass is 16.5. The van der Waals surface area contributed by atoms with Crippen molar-refractivity contribution < 1.29 is 19.1 Å². The summed E-state index contributed by atoms with van der Waals surface area (Å²) >= 11 is 0. The van der Waals surface area contributed by atoms with E-state index in [1.165, 1.54) is 0 Å². The Hall–Kier alpha value is -1.58. The largest absolute Gasteiger partial charge is 0.465 e. The van der Waals surface area contributed by atoms with E-state index < -0.39 is 0 Å². The van der Waals surface area contributed by atoms with Crippen LogP contribution in [0.3, 0.4) is 0 Å². The maximum absolute atomic E-state index is 12.3. The second kappa shape index (κ2) is 7.12. The number of hydrogen-bond acceptors (Lipinski definition) is 4. The molecule has 0 aromatic carbocycles. The number of carbonyl (C=O) groups is 2. The van der Waals surface area contributed by atoms with Crippen LogP contribution in [0.15, 0.2) is 24.3 Å². The monoisotopic (exact) mass is 332 g/mol. The Kier molecular flexibility index (Phi) is 5.12. The van der Waals surface area contributed by atoms with E-state index in [0.29, 0.717) is 18.4 Å². The molecule has 0 aromatic rings. The maximum atomic E-state index is 12.3. The number of rotatable bonds is 6. The SMILES string of the molecule is CC(C)(COC(=O)C1CC=CCC1)COC(=O)C1CC2C=CC1C2. The van der Waals surface area contributed by atoms with Crippen LogP contribution in [0.5, 0.6) is 0 Å². The third-order valence-corrected chi connectivity index (χ3v) is 5.39. The van der Waals surface area contributed by atoms with Gasteiger partial charge in [-0.25, -0.2) is 0 Å². The summed E-state index contributed by atoms with van der Waals surface area (Å²) < 4.78 is 11.0. The normalized spacial score (nSPS) is 31.2. The fraction of sp³-hybridized carbons (Fsp3) is 0.700. The quantitative estimate of drug-likeness (QED) is 0.550. The minimum Gasteiger partial charge on any atom is -0.465 e. The molecule has 3 rings (SSSR count). The fourth-order valence-electron chi connectivity index (χ4n) is 3.86. The summed E-state index contributed by atoms with van der Waals surface area (Å²) in [5, 5.41) is 0. The van der Waals surface area contributed by atoms with Gasteiger partial charge in [-0.2, -0.15) is 0 Å². The Morgan fingerprint density at radius 3 is 2.38 bits per heavy atom. The van der Waals surface area contributed by atoms with Gasteiger partial charge in [-0.3, -0.25) is 9.59 Å². The maximum Gasteiger partial charge on any atom is 0.309 e. The van der Waals surface area contributed by atoms with E-state index in [1.54, 1.807) is 0 Å². The molecule has 132 valence electrons. The van der Waals surface area contributed by atoms with E-state index in [9.17, 15) is 9.59 Å². The average Bonchev–Trinajstić information content (AvgIpc) is 3.22. The van der Waals surface area contributed by atoms with Crippen molar-refractivity contribution in [2.24, 2.45) is 29.1 Å². The Bertz CT molecular complexity index is 546. The van der Waals surface area contributed by atoms with Gasteiger partial charge in [0.15, 0.2) is 0 Å². The van der Waals surface area contributed by atoms with Gasteiger partial charge < -0.3 is 9.47 Å². The van der Waals surface area contributed by atoms with Crippen LogP contribution in [0.1, 0.15) is 46.0 Å². The first-order valence-corrected chi connectivity index (χ1v) is 9.11. The van der Waals surface area contributed by atoms with E-state index in [2.05, 4.69) is 18.2 Å². The van der Waals surface area contributed by atoms with Crippen LogP contribution in [0.4, 0.5) is 0 Å². The number of fused-ring (bicyclic) bond motifs is 2. The van der Waals surface area contributed by atoms with Gasteiger partial charge in [0.1, 0.15) is 0 Å². The summed E-state index contributed by atoms with van der Waals surface area (Å²) in [6, 6.07) is 0. The third-order valence-electron chi connectivity index (χ3n) is 5.39. The van der Waals surface area contributed by atoms with Crippen molar-refractivity contribution in [1.29, 1.82) is 0 Å². The van der Waals surface area contributed by atoms with Crippen molar-refractivity contribution in [2.45, 2.75) is 46.0 Å². The molecule has 0 aliphatic heterocycles. The van der Waals surface area contributed by atoms with Crippen molar-refractivity contribution in [3.63, 3.8) is 0 Å². The first-order valence-electron chi connectivity index (χ1n) is 9.11. The molecule has 0 heterocycles. The molecule has 0 spiro atoms. The van der Waals surface area contributed by atoms with Gasteiger partial charge >= 0.3 is 11.9 Å². The van der Waals surface area contributed by atoms with E-state index in [0.717, 1.165) is 32.1 Å². The zero-order valence-electron chi connectivity index (χ0n) is 14.7. The van der Waals surface area contributed by atoms with E-state index >= 15 is 0 Å². The molecule has 24 heavy (non-hydrogen) atoms. The molecule has 1 fully saturated rings. The molecular weight excluding hydrogens is 304 g/mol. The van der Waals surface area contributed by atoms with Crippen LogP contribution in [0.2, 0.25) is 0 Å². The van der Waals surface area contributed by atoms with Crippen LogP contribution in [-0.2, 0) is 19.1 Å². The molecule has 4 heteroatoms. The number of ether oxygens (including phenoxy) is 2. The molecule has 4 atom stereocenters. The van der Waals surface area contributed by atoms with Crippen LogP contribution < -0.4 is 0 Å². The zero-order valence-corrected chi connectivity index (χ0v) is 14.7. The lowest BCUT2D eigenvalue weighted by molar-refractivity contribution is -0.158. The highest BCUT2D eigenvalue weighted by Gasteiger charge is 2.41. The van der Waals surface area contributed by atoms with Gasteiger partial charge in [0.2, 0.25) is 0 Å². The predicted molar refractivity (Wildman–Crippen MR) is 91.0 cm³/mol. The summed E-state index contributed by atoms with van der Waals surface area (Å²) in [6.07, 6.45) is 13.1. The lowest BCUT2D eigenvalue weighted by Gasteiger charge is -2.26. The number of esters is 2. The van der Waals surface area contributed by atoms with Gasteiger partial charge in [0.25, 0.3) is 0 Å². The molecule has 3 aliphatic rings. The minimum absolute atomic E-state index is 0.0193. The first kappa shape index (κ1) is 17.2. The topological polar surface area (TPSA) is 52.6 Å².